The van der Waals surface area contributed by atoms with Crippen LogP contribution in [0, 0.1) is 0 Å². The van der Waals surface area contributed by atoms with Crippen LogP contribution in [0.25, 0.3) is 10.8 Å². The van der Waals surface area contributed by atoms with E-state index in [4.69, 9.17) is 5.73 Å². The molecule has 1 atom stereocenters. The summed E-state index contributed by atoms with van der Waals surface area (Å²) < 4.78 is 0. The van der Waals surface area contributed by atoms with Gasteiger partial charge >= 0.3 is 0 Å². The quantitative estimate of drug-likeness (QED) is 0.845. The molecule has 0 amide bonds. The van der Waals surface area contributed by atoms with Gasteiger partial charge in [0.2, 0.25) is 0 Å². The number of fused-ring (bicyclic) bond motifs is 1. The second-order valence-electron chi connectivity index (χ2n) is 5.15. The fourth-order valence-corrected chi connectivity index (χ4v) is 2.01. The van der Waals surface area contributed by atoms with Crippen LogP contribution in [0.2, 0.25) is 0 Å². The topological polar surface area (TPSA) is 38.0 Å². The Morgan fingerprint density at radius 3 is 2.50 bits per heavy atom. The van der Waals surface area contributed by atoms with E-state index in [9.17, 15) is 0 Å². The van der Waals surface area contributed by atoms with Crippen LogP contribution in [0.15, 0.2) is 42.5 Å². The van der Waals surface area contributed by atoms with Crippen molar-refractivity contribution in [1.82, 2.24) is 5.32 Å². The molecule has 0 saturated heterocycles. The highest BCUT2D eigenvalue weighted by Crippen LogP contribution is 2.16. The highest BCUT2D eigenvalue weighted by atomic mass is 15.0. The van der Waals surface area contributed by atoms with E-state index < -0.39 is 0 Å². The lowest BCUT2D eigenvalue weighted by Gasteiger charge is -2.28. The van der Waals surface area contributed by atoms with Gasteiger partial charge < -0.3 is 11.1 Å². The van der Waals surface area contributed by atoms with Crippen LogP contribution < -0.4 is 11.1 Å². The summed E-state index contributed by atoms with van der Waals surface area (Å²) in [6.07, 6.45) is 1.04. The van der Waals surface area contributed by atoms with Gasteiger partial charge in [0.1, 0.15) is 0 Å². The molecule has 0 radical (unpaired) electrons. The third kappa shape index (κ3) is 2.89. The van der Waals surface area contributed by atoms with Gasteiger partial charge in [-0.25, -0.2) is 0 Å². The van der Waals surface area contributed by atoms with Crippen LogP contribution in [0.4, 0.5) is 0 Å². The predicted molar refractivity (Wildman–Crippen MR) is 78.5 cm³/mol. The molecule has 2 rings (SSSR count). The maximum absolute atomic E-state index is 5.81. The number of nitrogens with one attached hydrogen (secondary N) is 1. The van der Waals surface area contributed by atoms with Crippen molar-refractivity contribution < 1.29 is 0 Å². The minimum atomic E-state index is 0.0334. The number of hydrogen-bond donors (Lipinski definition) is 2. The van der Waals surface area contributed by atoms with E-state index >= 15 is 0 Å². The molecular weight excluding hydrogens is 220 g/mol. The Labute approximate surface area is 109 Å². The maximum atomic E-state index is 5.81. The number of nitrogens with two attached hydrogens (primary N) is 1. The molecule has 0 saturated carbocycles. The van der Waals surface area contributed by atoms with Crippen molar-refractivity contribution in [2.45, 2.75) is 32.4 Å². The van der Waals surface area contributed by atoms with Crippen LogP contribution in [-0.4, -0.2) is 12.1 Å². The SMILES string of the molecule is CCC(C)(CN)NCc1ccc2ccccc2c1. The van der Waals surface area contributed by atoms with Gasteiger partial charge in [0, 0.05) is 18.6 Å². The third-order valence-corrected chi connectivity index (χ3v) is 3.76. The molecule has 2 nitrogen and oxygen atoms in total. The van der Waals surface area contributed by atoms with E-state index in [0.717, 1.165) is 13.0 Å². The molecule has 0 aromatic heterocycles. The van der Waals surface area contributed by atoms with Gasteiger partial charge in [0.05, 0.1) is 0 Å². The summed E-state index contributed by atoms with van der Waals surface area (Å²) in [5.41, 5.74) is 7.15. The summed E-state index contributed by atoms with van der Waals surface area (Å²) in [5, 5.41) is 6.14. The Morgan fingerprint density at radius 1 is 1.11 bits per heavy atom. The Bertz CT molecular complexity index is 515. The van der Waals surface area contributed by atoms with Gasteiger partial charge in [-0.1, -0.05) is 43.3 Å². The van der Waals surface area contributed by atoms with Gasteiger partial charge in [-0.15, -0.1) is 0 Å². The number of hydrogen-bond acceptors (Lipinski definition) is 2. The first kappa shape index (κ1) is 13.1. The first-order valence-electron chi connectivity index (χ1n) is 6.59. The Balaban J connectivity index is 2.12. The van der Waals surface area contributed by atoms with Crippen LogP contribution in [0.1, 0.15) is 25.8 Å². The van der Waals surface area contributed by atoms with Crippen molar-refractivity contribution in [2.75, 3.05) is 6.54 Å². The Morgan fingerprint density at radius 2 is 1.83 bits per heavy atom. The smallest absolute Gasteiger partial charge is 0.0276 e. The summed E-state index contributed by atoms with van der Waals surface area (Å²) in [5.74, 6) is 0. The lowest BCUT2D eigenvalue weighted by molar-refractivity contribution is 0.350. The van der Waals surface area contributed by atoms with Crippen molar-refractivity contribution >= 4 is 10.8 Å². The molecule has 0 heterocycles. The zero-order valence-electron chi connectivity index (χ0n) is 11.2. The summed E-state index contributed by atoms with van der Waals surface area (Å²) in [7, 11) is 0. The van der Waals surface area contributed by atoms with Gasteiger partial charge in [-0.05, 0) is 35.7 Å². The molecule has 0 aliphatic carbocycles. The first-order chi connectivity index (χ1) is 8.67. The zero-order chi connectivity index (χ0) is 13.0. The summed E-state index contributed by atoms with van der Waals surface area (Å²) in [6.45, 7) is 5.87. The third-order valence-electron chi connectivity index (χ3n) is 3.76. The molecule has 96 valence electrons. The predicted octanol–water partition coefficient (Wildman–Crippen LogP) is 3.06. The lowest BCUT2D eigenvalue weighted by atomic mass is 9.98. The van der Waals surface area contributed by atoms with Gasteiger partial charge in [-0.3, -0.25) is 0 Å². The molecule has 0 fully saturated rings. The molecule has 0 aliphatic heterocycles. The van der Waals surface area contributed by atoms with E-state index in [1.54, 1.807) is 0 Å². The van der Waals surface area contributed by atoms with Crippen LogP contribution >= 0.6 is 0 Å². The lowest BCUT2D eigenvalue weighted by Crippen LogP contribution is -2.47. The van der Waals surface area contributed by atoms with Crippen LogP contribution in [0.5, 0.6) is 0 Å². The average Bonchev–Trinajstić information content (AvgIpc) is 2.44. The minimum absolute atomic E-state index is 0.0334. The molecule has 18 heavy (non-hydrogen) atoms. The van der Waals surface area contributed by atoms with Crippen molar-refractivity contribution in [3.05, 3.63) is 48.0 Å². The summed E-state index contributed by atoms with van der Waals surface area (Å²) in [6, 6.07) is 15.1. The molecule has 0 spiro atoms. The molecule has 3 N–H and O–H groups in total. The number of benzene rings is 2. The summed E-state index contributed by atoms with van der Waals surface area (Å²) >= 11 is 0. The Kier molecular flexibility index (Phi) is 4.00. The van der Waals surface area contributed by atoms with Crippen LogP contribution in [0.3, 0.4) is 0 Å². The molecule has 2 aromatic rings. The zero-order valence-corrected chi connectivity index (χ0v) is 11.2. The standard InChI is InChI=1S/C16H22N2/c1-3-16(2,12-17)18-11-13-8-9-14-6-4-5-7-15(14)10-13/h4-10,18H,3,11-12,17H2,1-2H3. The van der Waals surface area contributed by atoms with Crippen LogP contribution in [-0.2, 0) is 6.54 Å². The molecular formula is C16H22N2. The molecule has 2 heteroatoms. The van der Waals surface area contributed by atoms with E-state index in [2.05, 4.69) is 61.6 Å². The Hall–Kier alpha value is -1.38. The fraction of sp³-hybridized carbons (Fsp3) is 0.375. The van der Waals surface area contributed by atoms with Crippen molar-refractivity contribution in [1.29, 1.82) is 0 Å². The minimum Gasteiger partial charge on any atom is -0.329 e. The average molecular weight is 242 g/mol. The van der Waals surface area contributed by atoms with Crippen molar-refractivity contribution in [2.24, 2.45) is 5.73 Å². The van der Waals surface area contributed by atoms with E-state index in [1.807, 2.05) is 0 Å². The van der Waals surface area contributed by atoms with E-state index in [0.29, 0.717) is 6.54 Å². The maximum Gasteiger partial charge on any atom is 0.0276 e. The highest BCUT2D eigenvalue weighted by Gasteiger charge is 2.18. The molecule has 1 unspecified atom stereocenters. The van der Waals surface area contributed by atoms with Crippen molar-refractivity contribution in [3.8, 4) is 0 Å². The highest BCUT2D eigenvalue weighted by molar-refractivity contribution is 5.82. The fourth-order valence-electron chi connectivity index (χ4n) is 2.01. The normalized spacial score (nSPS) is 14.6. The van der Waals surface area contributed by atoms with Gasteiger partial charge in [-0.2, -0.15) is 0 Å². The first-order valence-corrected chi connectivity index (χ1v) is 6.59. The second kappa shape index (κ2) is 5.51. The molecule has 0 bridgehead atoms. The number of rotatable bonds is 5. The molecule has 0 aliphatic rings. The monoisotopic (exact) mass is 242 g/mol. The van der Waals surface area contributed by atoms with Gasteiger partial charge in [0.25, 0.3) is 0 Å². The second-order valence-corrected chi connectivity index (χ2v) is 5.15. The van der Waals surface area contributed by atoms with E-state index in [-0.39, 0.29) is 5.54 Å². The molecule has 2 aromatic carbocycles. The van der Waals surface area contributed by atoms with E-state index in [1.165, 1.54) is 16.3 Å². The van der Waals surface area contributed by atoms with Gasteiger partial charge in [0.15, 0.2) is 0 Å². The largest absolute Gasteiger partial charge is 0.329 e. The van der Waals surface area contributed by atoms with Crippen molar-refractivity contribution in [3.63, 3.8) is 0 Å². The summed E-state index contributed by atoms with van der Waals surface area (Å²) in [4.78, 5) is 0.